The first-order valence-corrected chi connectivity index (χ1v) is 6.51. The summed E-state index contributed by atoms with van der Waals surface area (Å²) in [6, 6.07) is 4.33. The van der Waals surface area contributed by atoms with Crippen molar-refractivity contribution in [1.29, 1.82) is 0 Å². The summed E-state index contributed by atoms with van der Waals surface area (Å²) in [6.07, 6.45) is 0. The molecule has 2 rings (SSSR count). The third kappa shape index (κ3) is 2.19. The van der Waals surface area contributed by atoms with Crippen LogP contribution >= 0.6 is 0 Å². The van der Waals surface area contributed by atoms with Gasteiger partial charge in [-0.3, -0.25) is 4.79 Å². The summed E-state index contributed by atoms with van der Waals surface area (Å²) in [7, 11) is 0. The lowest BCUT2D eigenvalue weighted by Crippen LogP contribution is -2.21. The van der Waals surface area contributed by atoms with Gasteiger partial charge < -0.3 is 9.30 Å². The number of carbonyl (C=O) groups is 2. The smallest absolute Gasteiger partial charge is 0.381 e. The highest BCUT2D eigenvalue weighted by molar-refractivity contribution is 6.41. The zero-order valence-electron chi connectivity index (χ0n) is 11.7. The van der Waals surface area contributed by atoms with E-state index in [1.165, 1.54) is 12.1 Å². The van der Waals surface area contributed by atoms with Gasteiger partial charge in [0, 0.05) is 11.9 Å². The topological polar surface area (TPSA) is 48.3 Å². The molecule has 0 saturated heterocycles. The lowest BCUT2D eigenvalue weighted by atomic mass is 10.1. The fraction of sp³-hybridized carbons (Fsp3) is 0.333. The Hall–Kier alpha value is -2.17. The molecule has 0 aliphatic rings. The molecule has 106 valence electrons. The van der Waals surface area contributed by atoms with Crippen LogP contribution in [0.4, 0.5) is 4.39 Å². The Bertz CT molecular complexity index is 688. The number of aromatic nitrogens is 1. The number of rotatable bonds is 4. The average Bonchev–Trinajstić information content (AvgIpc) is 2.70. The van der Waals surface area contributed by atoms with E-state index in [0.29, 0.717) is 17.6 Å². The molecule has 0 radical (unpaired) electrons. The Balaban J connectivity index is 2.66. The number of fused-ring (bicyclic) bond motifs is 1. The van der Waals surface area contributed by atoms with Crippen molar-refractivity contribution >= 4 is 22.7 Å². The van der Waals surface area contributed by atoms with Crippen LogP contribution < -0.4 is 0 Å². The molecule has 2 aromatic rings. The number of benzene rings is 1. The van der Waals surface area contributed by atoms with Gasteiger partial charge in [0.15, 0.2) is 0 Å². The van der Waals surface area contributed by atoms with E-state index in [1.807, 2.05) is 6.92 Å². The Labute approximate surface area is 116 Å². The molecule has 0 saturated carbocycles. The number of hydrogen-bond donors (Lipinski definition) is 0. The maximum absolute atomic E-state index is 13.4. The Morgan fingerprint density at radius 2 is 2.00 bits per heavy atom. The van der Waals surface area contributed by atoms with Crippen molar-refractivity contribution < 1.29 is 18.7 Å². The van der Waals surface area contributed by atoms with Gasteiger partial charge in [0.05, 0.1) is 12.1 Å². The quantitative estimate of drug-likeness (QED) is 0.490. The van der Waals surface area contributed by atoms with Crippen LogP contribution in [0.25, 0.3) is 10.9 Å². The summed E-state index contributed by atoms with van der Waals surface area (Å²) in [5, 5.41) is 0.765. The molecular weight excluding hydrogens is 261 g/mol. The van der Waals surface area contributed by atoms with Gasteiger partial charge in [-0.1, -0.05) is 0 Å². The summed E-state index contributed by atoms with van der Waals surface area (Å²) < 4.78 is 19.8. The number of ether oxygens (including phenoxy) is 1. The van der Waals surface area contributed by atoms with Crippen LogP contribution in [0.5, 0.6) is 0 Å². The van der Waals surface area contributed by atoms with E-state index in [4.69, 9.17) is 4.74 Å². The molecule has 0 N–H and O–H groups in total. The van der Waals surface area contributed by atoms with Crippen molar-refractivity contribution in [2.45, 2.75) is 27.3 Å². The molecule has 0 amide bonds. The SMILES string of the molecule is CCOC(=O)C(=O)c1c(C)c2ccc(F)cc2n1CC. The molecule has 0 unspecified atom stereocenters. The monoisotopic (exact) mass is 277 g/mol. The Kier molecular flexibility index (Phi) is 3.88. The van der Waals surface area contributed by atoms with Gasteiger partial charge in [-0.15, -0.1) is 0 Å². The van der Waals surface area contributed by atoms with Crippen LogP contribution in [0.1, 0.15) is 29.9 Å². The lowest BCUT2D eigenvalue weighted by Gasteiger charge is -2.07. The second-order valence-electron chi connectivity index (χ2n) is 4.43. The highest BCUT2D eigenvalue weighted by atomic mass is 19.1. The molecular formula is C15H16FNO3. The van der Waals surface area contributed by atoms with Crippen LogP contribution in [-0.4, -0.2) is 22.9 Å². The van der Waals surface area contributed by atoms with E-state index in [1.54, 1.807) is 24.5 Å². The molecule has 5 heteroatoms. The summed E-state index contributed by atoms with van der Waals surface area (Å²) in [5.41, 5.74) is 1.55. The fourth-order valence-corrected chi connectivity index (χ4v) is 2.41. The fourth-order valence-electron chi connectivity index (χ4n) is 2.41. The van der Waals surface area contributed by atoms with E-state index >= 15 is 0 Å². The van der Waals surface area contributed by atoms with E-state index < -0.39 is 11.8 Å². The summed E-state index contributed by atoms with van der Waals surface area (Å²) in [6.45, 7) is 5.84. The van der Waals surface area contributed by atoms with Crippen molar-refractivity contribution in [3.8, 4) is 0 Å². The standard InChI is InChI=1S/C15H16FNO3/c1-4-17-12-8-10(16)6-7-11(12)9(3)13(17)14(18)15(19)20-5-2/h6-8H,4-5H2,1-3H3. The third-order valence-corrected chi connectivity index (χ3v) is 3.27. The number of Topliss-reactive ketones (excluding diaryl/α,β-unsaturated/α-hetero) is 1. The van der Waals surface area contributed by atoms with Crippen LogP contribution in [0.2, 0.25) is 0 Å². The summed E-state index contributed by atoms with van der Waals surface area (Å²) in [5.74, 6) is -1.95. The summed E-state index contributed by atoms with van der Waals surface area (Å²) >= 11 is 0. The van der Waals surface area contributed by atoms with Crippen molar-refractivity contribution in [2.75, 3.05) is 6.61 Å². The number of aryl methyl sites for hydroxylation is 2. The summed E-state index contributed by atoms with van der Waals surface area (Å²) in [4.78, 5) is 23.8. The van der Waals surface area contributed by atoms with E-state index in [9.17, 15) is 14.0 Å². The molecule has 1 heterocycles. The van der Waals surface area contributed by atoms with Gasteiger partial charge in [0.1, 0.15) is 11.5 Å². The largest absolute Gasteiger partial charge is 0.460 e. The Morgan fingerprint density at radius 1 is 1.30 bits per heavy atom. The zero-order valence-corrected chi connectivity index (χ0v) is 11.7. The molecule has 20 heavy (non-hydrogen) atoms. The number of carbonyl (C=O) groups excluding carboxylic acids is 2. The van der Waals surface area contributed by atoms with Crippen LogP contribution in [0.15, 0.2) is 18.2 Å². The highest BCUT2D eigenvalue weighted by Crippen LogP contribution is 2.27. The number of esters is 1. The minimum absolute atomic E-state index is 0.143. The van der Waals surface area contributed by atoms with Gasteiger partial charge in [-0.25, -0.2) is 9.18 Å². The number of nitrogens with zero attached hydrogens (tertiary/aromatic N) is 1. The molecule has 0 aliphatic heterocycles. The van der Waals surface area contributed by atoms with Gasteiger partial charge >= 0.3 is 5.97 Å². The molecule has 0 bridgehead atoms. The molecule has 0 spiro atoms. The lowest BCUT2D eigenvalue weighted by molar-refractivity contribution is -0.137. The Morgan fingerprint density at radius 3 is 2.60 bits per heavy atom. The number of halogens is 1. The first-order valence-electron chi connectivity index (χ1n) is 6.51. The minimum atomic E-state index is -0.881. The predicted octanol–water partition coefficient (Wildman–Crippen LogP) is 2.85. The molecule has 0 aliphatic carbocycles. The van der Waals surface area contributed by atoms with Crippen LogP contribution in [-0.2, 0) is 16.1 Å². The maximum Gasteiger partial charge on any atom is 0.381 e. The molecule has 0 atom stereocenters. The van der Waals surface area contributed by atoms with Gasteiger partial charge in [-0.2, -0.15) is 0 Å². The third-order valence-electron chi connectivity index (χ3n) is 3.27. The zero-order chi connectivity index (χ0) is 14.9. The molecule has 0 fully saturated rings. The van der Waals surface area contributed by atoms with Gasteiger partial charge in [0.2, 0.25) is 0 Å². The van der Waals surface area contributed by atoms with E-state index in [2.05, 4.69) is 0 Å². The van der Waals surface area contributed by atoms with Gasteiger partial charge in [0.25, 0.3) is 5.78 Å². The van der Waals surface area contributed by atoms with Crippen molar-refractivity contribution in [3.05, 3.63) is 35.3 Å². The second-order valence-corrected chi connectivity index (χ2v) is 4.43. The molecule has 1 aromatic carbocycles. The first-order chi connectivity index (χ1) is 9.51. The predicted molar refractivity (Wildman–Crippen MR) is 73.3 cm³/mol. The van der Waals surface area contributed by atoms with Crippen molar-refractivity contribution in [3.63, 3.8) is 0 Å². The average molecular weight is 277 g/mol. The maximum atomic E-state index is 13.4. The highest BCUT2D eigenvalue weighted by Gasteiger charge is 2.26. The second kappa shape index (κ2) is 5.45. The number of ketones is 1. The van der Waals surface area contributed by atoms with Gasteiger partial charge in [-0.05, 0) is 44.5 Å². The van der Waals surface area contributed by atoms with Crippen LogP contribution in [0, 0.1) is 12.7 Å². The molecule has 4 nitrogen and oxygen atoms in total. The first kappa shape index (κ1) is 14.2. The van der Waals surface area contributed by atoms with Crippen molar-refractivity contribution in [2.24, 2.45) is 0 Å². The normalized spacial score (nSPS) is 10.8. The van der Waals surface area contributed by atoms with E-state index in [0.717, 1.165) is 5.39 Å². The molecule has 1 aromatic heterocycles. The van der Waals surface area contributed by atoms with Crippen molar-refractivity contribution in [1.82, 2.24) is 4.57 Å². The van der Waals surface area contributed by atoms with Crippen LogP contribution in [0.3, 0.4) is 0 Å². The van der Waals surface area contributed by atoms with E-state index in [-0.39, 0.29) is 18.1 Å². The minimum Gasteiger partial charge on any atom is -0.460 e. The number of hydrogen-bond acceptors (Lipinski definition) is 3.